The van der Waals surface area contributed by atoms with E-state index in [0.717, 1.165) is 11.1 Å². The van der Waals surface area contributed by atoms with Gasteiger partial charge in [-0.2, -0.15) is 0 Å². The van der Waals surface area contributed by atoms with E-state index >= 15 is 0 Å². The first-order valence-electron chi connectivity index (χ1n) is 9.26. The van der Waals surface area contributed by atoms with Crippen molar-refractivity contribution in [1.29, 1.82) is 0 Å². The number of aliphatic hydroxyl groups excluding tert-OH is 4. The van der Waals surface area contributed by atoms with Crippen molar-refractivity contribution in [2.75, 3.05) is 20.3 Å². The molecule has 0 aromatic heterocycles. The van der Waals surface area contributed by atoms with Gasteiger partial charge < -0.3 is 29.9 Å². The molecule has 2 aromatic rings. The summed E-state index contributed by atoms with van der Waals surface area (Å²) < 4.78 is 11.3. The van der Waals surface area contributed by atoms with Crippen LogP contribution >= 0.6 is 0 Å². The summed E-state index contributed by atoms with van der Waals surface area (Å²) >= 11 is 0. The Hall–Kier alpha value is -2.16. The van der Waals surface area contributed by atoms with Crippen LogP contribution in [0.25, 0.3) is 0 Å². The number of nitrogens with zero attached hydrogens (tertiary/aromatic N) is 1. The Kier molecular flexibility index (Phi) is 6.88. The van der Waals surface area contributed by atoms with Gasteiger partial charge in [0.25, 0.3) is 0 Å². The molecule has 7 nitrogen and oxygen atoms in total. The summed E-state index contributed by atoms with van der Waals surface area (Å²) in [6.45, 7) is 0.594. The Morgan fingerprint density at radius 3 is 2.46 bits per heavy atom. The molecule has 0 spiro atoms. The predicted molar refractivity (Wildman–Crippen MR) is 103 cm³/mol. The summed E-state index contributed by atoms with van der Waals surface area (Å²) in [5, 5.41) is 39.6. The quantitative estimate of drug-likeness (QED) is 0.548. The van der Waals surface area contributed by atoms with Crippen LogP contribution in [0.3, 0.4) is 0 Å². The Labute approximate surface area is 164 Å². The zero-order valence-corrected chi connectivity index (χ0v) is 15.8. The molecule has 0 saturated carbocycles. The fraction of sp³-hybridized carbons (Fsp3) is 0.429. The molecule has 3 rings (SSSR count). The summed E-state index contributed by atoms with van der Waals surface area (Å²) in [5.41, 5.74) is 1.88. The first-order chi connectivity index (χ1) is 13.5. The molecule has 1 fully saturated rings. The fourth-order valence-corrected chi connectivity index (χ4v) is 3.47. The van der Waals surface area contributed by atoms with Crippen LogP contribution in [0.4, 0.5) is 0 Å². The van der Waals surface area contributed by atoms with Crippen LogP contribution in [-0.4, -0.2) is 69.9 Å². The number of rotatable bonds is 7. The number of aliphatic hydroxyl groups is 4. The number of methoxy groups -OCH3 is 1. The zero-order chi connectivity index (χ0) is 20.1. The first kappa shape index (κ1) is 20.6. The van der Waals surface area contributed by atoms with Crippen molar-refractivity contribution in [1.82, 2.24) is 4.90 Å². The maximum Gasteiger partial charge on any atom is 0.127 e. The van der Waals surface area contributed by atoms with Crippen molar-refractivity contribution in [3.63, 3.8) is 0 Å². The van der Waals surface area contributed by atoms with Crippen LogP contribution in [0.5, 0.6) is 11.5 Å². The van der Waals surface area contributed by atoms with E-state index in [9.17, 15) is 20.4 Å². The molecule has 0 amide bonds. The molecule has 4 atom stereocenters. The van der Waals surface area contributed by atoms with Gasteiger partial charge in [-0.05, 0) is 11.6 Å². The van der Waals surface area contributed by atoms with Gasteiger partial charge >= 0.3 is 0 Å². The van der Waals surface area contributed by atoms with Crippen molar-refractivity contribution < 1.29 is 29.9 Å². The molecule has 7 heteroatoms. The summed E-state index contributed by atoms with van der Waals surface area (Å²) in [7, 11) is 1.56. The average molecular weight is 389 g/mol. The van der Waals surface area contributed by atoms with Crippen LogP contribution in [0.15, 0.2) is 48.5 Å². The van der Waals surface area contributed by atoms with Crippen LogP contribution in [-0.2, 0) is 13.2 Å². The van der Waals surface area contributed by atoms with Gasteiger partial charge in [0.05, 0.1) is 25.9 Å². The minimum atomic E-state index is -1.27. The minimum absolute atomic E-state index is 0.138. The summed E-state index contributed by atoms with van der Waals surface area (Å²) in [6.07, 6.45) is -3.59. The number of benzene rings is 2. The van der Waals surface area contributed by atoms with E-state index in [4.69, 9.17) is 9.47 Å². The van der Waals surface area contributed by atoms with Gasteiger partial charge in [-0.15, -0.1) is 0 Å². The Morgan fingerprint density at radius 1 is 1.04 bits per heavy atom. The lowest BCUT2D eigenvalue weighted by Crippen LogP contribution is -2.62. The van der Waals surface area contributed by atoms with Gasteiger partial charge in [-0.25, -0.2) is 0 Å². The predicted octanol–water partition coefficient (Wildman–Crippen LogP) is 0.533. The van der Waals surface area contributed by atoms with E-state index in [1.54, 1.807) is 18.1 Å². The number of β-amino-alcohol motifs (C(OH)–C–C–N with tert-alkyl or cyclic N) is 1. The van der Waals surface area contributed by atoms with Gasteiger partial charge in [0, 0.05) is 24.7 Å². The number of piperidine rings is 1. The van der Waals surface area contributed by atoms with E-state index in [2.05, 4.69) is 0 Å². The second-order valence-electron chi connectivity index (χ2n) is 6.98. The highest BCUT2D eigenvalue weighted by Gasteiger charge is 2.41. The van der Waals surface area contributed by atoms with Gasteiger partial charge in [0.2, 0.25) is 0 Å². The molecule has 152 valence electrons. The second kappa shape index (κ2) is 9.36. The van der Waals surface area contributed by atoms with Crippen LogP contribution in [0.1, 0.15) is 11.1 Å². The molecule has 1 aliphatic rings. The van der Waals surface area contributed by atoms with Crippen molar-refractivity contribution in [3.05, 3.63) is 59.7 Å². The van der Waals surface area contributed by atoms with Crippen LogP contribution in [0.2, 0.25) is 0 Å². The molecular formula is C21H27NO6. The smallest absolute Gasteiger partial charge is 0.127 e. The second-order valence-corrected chi connectivity index (χ2v) is 6.98. The van der Waals surface area contributed by atoms with Gasteiger partial charge in [0.15, 0.2) is 0 Å². The normalized spacial score (nSPS) is 25.5. The molecule has 4 N–H and O–H groups in total. The van der Waals surface area contributed by atoms with E-state index in [1.807, 2.05) is 42.5 Å². The van der Waals surface area contributed by atoms with Gasteiger partial charge in [0.1, 0.15) is 30.3 Å². The molecular weight excluding hydrogens is 362 g/mol. The average Bonchev–Trinajstić information content (AvgIpc) is 2.72. The molecule has 0 unspecified atom stereocenters. The van der Waals surface area contributed by atoms with Crippen molar-refractivity contribution >= 4 is 0 Å². The minimum Gasteiger partial charge on any atom is -0.496 e. The van der Waals surface area contributed by atoms with Crippen LogP contribution < -0.4 is 9.47 Å². The number of likely N-dealkylation sites (tertiary alicyclic amines) is 1. The van der Waals surface area contributed by atoms with Gasteiger partial charge in [-0.1, -0.05) is 36.4 Å². The molecule has 28 heavy (non-hydrogen) atoms. The summed E-state index contributed by atoms with van der Waals surface area (Å²) in [5.74, 6) is 1.27. The lowest BCUT2D eigenvalue weighted by molar-refractivity contribution is -0.147. The fourth-order valence-electron chi connectivity index (χ4n) is 3.47. The highest BCUT2D eigenvalue weighted by atomic mass is 16.5. The third-order valence-electron chi connectivity index (χ3n) is 5.10. The molecule has 0 bridgehead atoms. The van der Waals surface area contributed by atoms with Crippen LogP contribution in [0, 0.1) is 0 Å². The largest absolute Gasteiger partial charge is 0.496 e. The SMILES string of the molecule is COc1cc(OCc2ccccc2)ccc1CN1C[C@H](O)[C@@H](O)[C@H](O)[C@@H]1CO. The third-order valence-corrected chi connectivity index (χ3v) is 5.10. The third kappa shape index (κ3) is 4.63. The number of hydrogen-bond acceptors (Lipinski definition) is 7. The lowest BCUT2D eigenvalue weighted by Gasteiger charge is -2.43. The molecule has 0 aliphatic carbocycles. The highest BCUT2D eigenvalue weighted by molar-refractivity contribution is 5.41. The Morgan fingerprint density at radius 2 is 1.79 bits per heavy atom. The molecule has 1 saturated heterocycles. The van der Waals surface area contributed by atoms with E-state index < -0.39 is 24.4 Å². The van der Waals surface area contributed by atoms with Gasteiger partial charge in [-0.3, -0.25) is 4.90 Å². The maximum absolute atomic E-state index is 10.1. The van der Waals surface area contributed by atoms with Crippen molar-refractivity contribution in [2.45, 2.75) is 37.5 Å². The first-order valence-corrected chi connectivity index (χ1v) is 9.26. The maximum atomic E-state index is 10.1. The lowest BCUT2D eigenvalue weighted by atomic mass is 9.93. The van der Waals surface area contributed by atoms with E-state index in [1.165, 1.54) is 0 Å². The molecule has 1 heterocycles. The van der Waals surface area contributed by atoms with E-state index in [-0.39, 0.29) is 13.2 Å². The number of hydrogen-bond donors (Lipinski definition) is 4. The molecule has 2 aromatic carbocycles. The summed E-state index contributed by atoms with van der Waals surface area (Å²) in [4.78, 5) is 1.74. The Balaban J connectivity index is 1.71. The molecule has 1 aliphatic heterocycles. The Bertz CT molecular complexity index is 756. The zero-order valence-electron chi connectivity index (χ0n) is 15.8. The highest BCUT2D eigenvalue weighted by Crippen LogP contribution is 2.29. The monoisotopic (exact) mass is 389 g/mol. The van der Waals surface area contributed by atoms with E-state index in [0.29, 0.717) is 24.7 Å². The molecule has 0 radical (unpaired) electrons. The number of ether oxygens (including phenoxy) is 2. The standard InChI is InChI=1S/C21H27NO6/c1-27-19-9-16(28-13-14-5-3-2-4-6-14)8-7-15(19)10-22-11-18(24)21(26)20(25)17(22)12-23/h2-9,17-18,20-21,23-26H,10-13H2,1H3/t17-,18-,20+,21+/m0/s1. The topological polar surface area (TPSA) is 103 Å². The van der Waals surface area contributed by atoms with Crippen molar-refractivity contribution in [3.8, 4) is 11.5 Å². The van der Waals surface area contributed by atoms with Crippen molar-refractivity contribution in [2.24, 2.45) is 0 Å². The summed E-state index contributed by atoms with van der Waals surface area (Å²) in [6, 6.07) is 14.7.